The van der Waals surface area contributed by atoms with E-state index in [0.29, 0.717) is 11.7 Å². The number of nitrogens with zero attached hydrogens (tertiary/aromatic N) is 2. The van der Waals surface area contributed by atoms with Gasteiger partial charge in [-0.25, -0.2) is 0 Å². The third-order valence-corrected chi connectivity index (χ3v) is 3.71. The lowest BCUT2D eigenvalue weighted by atomic mass is 10.0. The van der Waals surface area contributed by atoms with Crippen molar-refractivity contribution in [2.45, 2.75) is 19.4 Å². The highest BCUT2D eigenvalue weighted by atomic mass is 16.5. The van der Waals surface area contributed by atoms with Crippen molar-refractivity contribution in [3.8, 4) is 22.8 Å². The van der Waals surface area contributed by atoms with Crippen LogP contribution in [-0.2, 0) is 11.2 Å². The van der Waals surface area contributed by atoms with Crippen LogP contribution >= 0.6 is 0 Å². The van der Waals surface area contributed by atoms with Crippen LogP contribution in [0.15, 0.2) is 53.1 Å². The molecule has 1 aromatic heterocycles. The standard InChI is InChI=1S/C18H17N3O3/c1-11-2-6-14(7-3-11)17-20-16(21-24-17)13-8-4-12(5-9-13)10-15(19)18(22)23/h2-9,15H,10,19H2,1H3,(H,22,23)/t15-/m0/s1. The van der Waals surface area contributed by atoms with Crippen LogP contribution in [0.1, 0.15) is 11.1 Å². The van der Waals surface area contributed by atoms with Gasteiger partial charge in [0.1, 0.15) is 6.04 Å². The fourth-order valence-corrected chi connectivity index (χ4v) is 2.29. The van der Waals surface area contributed by atoms with Crippen LogP contribution < -0.4 is 5.73 Å². The molecule has 0 aliphatic carbocycles. The number of hydrogen-bond acceptors (Lipinski definition) is 5. The van der Waals surface area contributed by atoms with Crippen LogP contribution in [0.4, 0.5) is 0 Å². The molecule has 3 N–H and O–H groups in total. The van der Waals surface area contributed by atoms with Gasteiger partial charge in [-0.05, 0) is 31.0 Å². The quantitative estimate of drug-likeness (QED) is 0.748. The van der Waals surface area contributed by atoms with E-state index in [1.165, 1.54) is 0 Å². The zero-order chi connectivity index (χ0) is 17.1. The molecule has 24 heavy (non-hydrogen) atoms. The summed E-state index contributed by atoms with van der Waals surface area (Å²) >= 11 is 0. The first-order valence-electron chi connectivity index (χ1n) is 7.51. The fourth-order valence-electron chi connectivity index (χ4n) is 2.29. The van der Waals surface area contributed by atoms with E-state index in [0.717, 1.165) is 22.3 Å². The zero-order valence-corrected chi connectivity index (χ0v) is 13.1. The first-order valence-corrected chi connectivity index (χ1v) is 7.51. The Balaban J connectivity index is 1.78. The molecule has 0 aliphatic rings. The average Bonchev–Trinajstić information content (AvgIpc) is 3.06. The molecule has 0 saturated heterocycles. The van der Waals surface area contributed by atoms with Crippen molar-refractivity contribution in [1.29, 1.82) is 0 Å². The minimum atomic E-state index is -1.01. The van der Waals surface area contributed by atoms with Crippen LogP contribution in [0.3, 0.4) is 0 Å². The van der Waals surface area contributed by atoms with Gasteiger partial charge in [0.2, 0.25) is 5.82 Å². The van der Waals surface area contributed by atoms with Gasteiger partial charge in [-0.2, -0.15) is 4.98 Å². The van der Waals surface area contributed by atoms with Gasteiger partial charge in [0.05, 0.1) is 0 Å². The molecule has 0 aliphatic heterocycles. The van der Waals surface area contributed by atoms with Gasteiger partial charge >= 0.3 is 5.97 Å². The van der Waals surface area contributed by atoms with E-state index in [1.54, 1.807) is 0 Å². The van der Waals surface area contributed by atoms with Gasteiger partial charge in [0.25, 0.3) is 5.89 Å². The maximum absolute atomic E-state index is 10.8. The highest BCUT2D eigenvalue weighted by Crippen LogP contribution is 2.23. The summed E-state index contributed by atoms with van der Waals surface area (Å²) in [4.78, 5) is 15.2. The number of aromatic nitrogens is 2. The molecule has 0 bridgehead atoms. The fraction of sp³-hybridized carbons (Fsp3) is 0.167. The van der Waals surface area contributed by atoms with Crippen molar-refractivity contribution in [3.63, 3.8) is 0 Å². The summed E-state index contributed by atoms with van der Waals surface area (Å²) in [5.74, 6) is -0.0679. The molecule has 0 fully saturated rings. The van der Waals surface area contributed by atoms with Crippen LogP contribution in [0, 0.1) is 6.92 Å². The molecule has 0 unspecified atom stereocenters. The molecule has 1 heterocycles. The van der Waals surface area contributed by atoms with Crippen molar-refractivity contribution < 1.29 is 14.4 Å². The molecule has 3 aromatic rings. The van der Waals surface area contributed by atoms with Crippen LogP contribution in [-0.4, -0.2) is 27.3 Å². The Bertz CT molecular complexity index is 839. The highest BCUT2D eigenvalue weighted by Gasteiger charge is 2.13. The minimum Gasteiger partial charge on any atom is -0.480 e. The lowest BCUT2D eigenvalue weighted by Crippen LogP contribution is -2.32. The van der Waals surface area contributed by atoms with Crippen LogP contribution in [0.5, 0.6) is 0 Å². The van der Waals surface area contributed by atoms with Crippen molar-refractivity contribution in [1.82, 2.24) is 10.1 Å². The number of carboxylic acids is 1. The van der Waals surface area contributed by atoms with E-state index >= 15 is 0 Å². The largest absolute Gasteiger partial charge is 0.480 e. The van der Waals surface area contributed by atoms with E-state index in [-0.39, 0.29) is 6.42 Å². The first-order chi connectivity index (χ1) is 11.5. The Morgan fingerprint density at radius 3 is 2.38 bits per heavy atom. The van der Waals surface area contributed by atoms with Gasteiger partial charge in [0.15, 0.2) is 0 Å². The highest BCUT2D eigenvalue weighted by molar-refractivity contribution is 5.73. The third-order valence-electron chi connectivity index (χ3n) is 3.71. The Kier molecular flexibility index (Phi) is 4.39. The number of hydrogen-bond donors (Lipinski definition) is 2. The molecular weight excluding hydrogens is 306 g/mol. The Morgan fingerprint density at radius 2 is 1.75 bits per heavy atom. The van der Waals surface area contributed by atoms with Gasteiger partial charge in [-0.3, -0.25) is 4.79 Å². The Labute approximate surface area is 138 Å². The summed E-state index contributed by atoms with van der Waals surface area (Å²) in [7, 11) is 0. The monoisotopic (exact) mass is 323 g/mol. The maximum Gasteiger partial charge on any atom is 0.320 e. The number of aryl methyl sites for hydroxylation is 1. The van der Waals surface area contributed by atoms with Gasteiger partial charge in [0, 0.05) is 11.1 Å². The number of aliphatic carboxylic acids is 1. The van der Waals surface area contributed by atoms with E-state index in [9.17, 15) is 4.79 Å². The van der Waals surface area contributed by atoms with E-state index in [1.807, 2.05) is 55.5 Å². The number of carboxylic acid groups (broad SMARTS) is 1. The average molecular weight is 323 g/mol. The summed E-state index contributed by atoms with van der Waals surface area (Å²) in [6, 6.07) is 14.2. The second kappa shape index (κ2) is 6.64. The van der Waals surface area contributed by atoms with Gasteiger partial charge in [-0.1, -0.05) is 47.1 Å². The zero-order valence-electron chi connectivity index (χ0n) is 13.1. The first kappa shape index (κ1) is 15.9. The maximum atomic E-state index is 10.8. The summed E-state index contributed by atoms with van der Waals surface area (Å²) in [6.45, 7) is 2.01. The SMILES string of the molecule is Cc1ccc(-c2nc(-c3ccc(C[C@H](N)C(=O)O)cc3)no2)cc1. The van der Waals surface area contributed by atoms with Crippen molar-refractivity contribution in [2.75, 3.05) is 0 Å². The summed E-state index contributed by atoms with van der Waals surface area (Å²) in [5.41, 5.74) is 9.20. The summed E-state index contributed by atoms with van der Waals surface area (Å²) in [6.07, 6.45) is 0.274. The second-order valence-electron chi connectivity index (χ2n) is 5.63. The van der Waals surface area contributed by atoms with E-state index in [2.05, 4.69) is 10.1 Å². The molecule has 6 heteroatoms. The van der Waals surface area contributed by atoms with Crippen LogP contribution in [0.2, 0.25) is 0 Å². The van der Waals surface area contributed by atoms with Crippen molar-refractivity contribution in [2.24, 2.45) is 5.73 Å². The molecular formula is C18H17N3O3. The third kappa shape index (κ3) is 3.49. The Hall–Kier alpha value is -2.99. The van der Waals surface area contributed by atoms with Crippen LogP contribution in [0.25, 0.3) is 22.8 Å². The van der Waals surface area contributed by atoms with E-state index < -0.39 is 12.0 Å². The lowest BCUT2D eigenvalue weighted by molar-refractivity contribution is -0.138. The molecule has 1 atom stereocenters. The normalized spacial score (nSPS) is 12.1. The summed E-state index contributed by atoms with van der Waals surface area (Å²) < 4.78 is 5.31. The predicted molar refractivity (Wildman–Crippen MR) is 89.2 cm³/mol. The molecule has 6 nitrogen and oxygen atoms in total. The molecule has 3 rings (SSSR count). The number of carbonyl (C=O) groups is 1. The molecule has 0 saturated carbocycles. The molecule has 0 spiro atoms. The van der Waals surface area contributed by atoms with Crippen molar-refractivity contribution >= 4 is 5.97 Å². The number of benzene rings is 2. The van der Waals surface area contributed by atoms with Gasteiger partial charge < -0.3 is 15.4 Å². The van der Waals surface area contributed by atoms with Gasteiger partial charge in [-0.15, -0.1) is 0 Å². The smallest absolute Gasteiger partial charge is 0.320 e. The molecule has 2 aromatic carbocycles. The predicted octanol–water partition coefficient (Wildman–Crippen LogP) is 2.67. The Morgan fingerprint density at radius 1 is 1.12 bits per heavy atom. The molecule has 0 radical (unpaired) electrons. The number of rotatable bonds is 5. The minimum absolute atomic E-state index is 0.274. The lowest BCUT2D eigenvalue weighted by Gasteiger charge is -2.06. The topological polar surface area (TPSA) is 102 Å². The molecule has 0 amide bonds. The second-order valence-corrected chi connectivity index (χ2v) is 5.63. The summed E-state index contributed by atoms with van der Waals surface area (Å²) in [5, 5.41) is 12.8. The van der Waals surface area contributed by atoms with E-state index in [4.69, 9.17) is 15.4 Å². The number of nitrogens with two attached hydrogens (primary N) is 1. The van der Waals surface area contributed by atoms with Crippen molar-refractivity contribution in [3.05, 3.63) is 59.7 Å². The molecule has 122 valence electrons.